The molecule has 120 valence electrons. The molecule has 2 aromatic rings. The molecule has 0 aliphatic rings. The van der Waals surface area contributed by atoms with Crippen molar-refractivity contribution in [2.75, 3.05) is 0 Å². The molecule has 0 atom stereocenters. The molecule has 0 fully saturated rings. The lowest BCUT2D eigenvalue weighted by atomic mass is 10.3. The van der Waals surface area contributed by atoms with Crippen LogP contribution in [-0.2, 0) is 16.6 Å². The predicted molar refractivity (Wildman–Crippen MR) is 82.7 cm³/mol. The van der Waals surface area contributed by atoms with Crippen LogP contribution in [-0.4, -0.2) is 18.8 Å². The Kier molecular flexibility index (Phi) is 4.94. The van der Waals surface area contributed by atoms with Crippen molar-refractivity contribution in [1.82, 2.24) is 4.31 Å². The van der Waals surface area contributed by atoms with Gasteiger partial charge in [0.15, 0.2) is 5.82 Å². The number of nitrogens with zero attached hydrogens (tertiary/aromatic N) is 1. The van der Waals surface area contributed by atoms with Crippen LogP contribution in [0.25, 0.3) is 0 Å². The summed E-state index contributed by atoms with van der Waals surface area (Å²) >= 11 is 5.69. The molecule has 0 saturated carbocycles. The lowest BCUT2D eigenvalue weighted by Crippen LogP contribution is -2.36. The maximum Gasteiger partial charge on any atom is 0.246 e. The molecular weight excluding hydrogens is 329 g/mol. The number of halogens is 2. The van der Waals surface area contributed by atoms with Gasteiger partial charge in [-0.3, -0.25) is 0 Å². The first-order chi connectivity index (χ1) is 10.2. The summed E-state index contributed by atoms with van der Waals surface area (Å²) in [5.74, 6) is 0.243. The monoisotopic (exact) mass is 345 g/mol. The lowest BCUT2D eigenvalue weighted by molar-refractivity contribution is 0.313. The molecule has 0 spiro atoms. The predicted octanol–water partition coefficient (Wildman–Crippen LogP) is 3.98. The fourth-order valence-corrected chi connectivity index (χ4v) is 4.00. The standard InChI is InChI=1S/C15H17ClFNO3S/c1-10(2)18(9-12-8-7-11(3)21-12)22(19,20)14-6-4-5-13(16)15(14)17/h4-8,10H,9H2,1-3H3. The molecule has 0 saturated heterocycles. The van der Waals surface area contributed by atoms with Crippen molar-refractivity contribution in [2.45, 2.75) is 38.3 Å². The van der Waals surface area contributed by atoms with E-state index in [2.05, 4.69) is 0 Å². The Labute approximate surface area is 134 Å². The zero-order valence-electron chi connectivity index (χ0n) is 12.5. The molecule has 4 nitrogen and oxygen atoms in total. The van der Waals surface area contributed by atoms with Gasteiger partial charge in [0.1, 0.15) is 16.4 Å². The molecule has 22 heavy (non-hydrogen) atoms. The SMILES string of the molecule is Cc1ccc(CN(C(C)C)S(=O)(=O)c2cccc(Cl)c2F)o1. The average Bonchev–Trinajstić information content (AvgIpc) is 2.84. The van der Waals surface area contributed by atoms with Gasteiger partial charge in [-0.05, 0) is 45.0 Å². The van der Waals surface area contributed by atoms with Gasteiger partial charge in [-0.2, -0.15) is 4.31 Å². The molecule has 7 heteroatoms. The Hall–Kier alpha value is -1.37. The van der Waals surface area contributed by atoms with Crippen LogP contribution in [0.3, 0.4) is 0 Å². The van der Waals surface area contributed by atoms with Crippen molar-refractivity contribution >= 4 is 21.6 Å². The highest BCUT2D eigenvalue weighted by Gasteiger charge is 2.31. The average molecular weight is 346 g/mol. The van der Waals surface area contributed by atoms with Crippen LogP contribution in [0.4, 0.5) is 4.39 Å². The van der Waals surface area contributed by atoms with Crippen LogP contribution in [0.2, 0.25) is 5.02 Å². The molecule has 0 unspecified atom stereocenters. The zero-order valence-corrected chi connectivity index (χ0v) is 14.1. The summed E-state index contributed by atoms with van der Waals surface area (Å²) < 4.78 is 46.2. The Balaban J connectivity index is 2.44. The van der Waals surface area contributed by atoms with E-state index in [1.165, 1.54) is 22.5 Å². The quantitative estimate of drug-likeness (QED) is 0.823. The summed E-state index contributed by atoms with van der Waals surface area (Å²) in [6, 6.07) is 7.02. The first kappa shape index (κ1) is 17.0. The number of hydrogen-bond donors (Lipinski definition) is 0. The maximum absolute atomic E-state index is 14.1. The third kappa shape index (κ3) is 3.34. The van der Waals surface area contributed by atoms with Gasteiger partial charge in [-0.25, -0.2) is 12.8 Å². The van der Waals surface area contributed by atoms with E-state index in [0.717, 1.165) is 0 Å². The van der Waals surface area contributed by atoms with Gasteiger partial charge in [-0.15, -0.1) is 0 Å². The Morgan fingerprint density at radius 1 is 1.27 bits per heavy atom. The summed E-state index contributed by atoms with van der Waals surface area (Å²) in [7, 11) is -4.03. The molecule has 0 N–H and O–H groups in total. The first-order valence-electron chi connectivity index (χ1n) is 6.74. The minimum absolute atomic E-state index is 0.0276. The fourth-order valence-electron chi connectivity index (χ4n) is 2.08. The number of hydrogen-bond acceptors (Lipinski definition) is 3. The number of rotatable bonds is 5. The summed E-state index contributed by atoms with van der Waals surface area (Å²) in [6.07, 6.45) is 0. The van der Waals surface area contributed by atoms with Crippen LogP contribution in [0.1, 0.15) is 25.4 Å². The van der Waals surface area contributed by atoms with Gasteiger partial charge in [0.25, 0.3) is 0 Å². The summed E-state index contributed by atoms with van der Waals surface area (Å²) in [5.41, 5.74) is 0. The molecule has 0 amide bonds. The molecular formula is C15H17ClFNO3S. The maximum atomic E-state index is 14.1. The van der Waals surface area contributed by atoms with Crippen LogP contribution in [0.15, 0.2) is 39.6 Å². The van der Waals surface area contributed by atoms with Gasteiger partial charge in [0.05, 0.1) is 11.6 Å². The van der Waals surface area contributed by atoms with Crippen molar-refractivity contribution in [3.8, 4) is 0 Å². The van der Waals surface area contributed by atoms with Gasteiger partial charge in [0, 0.05) is 6.04 Å². The second-order valence-electron chi connectivity index (χ2n) is 5.21. The molecule has 1 aromatic heterocycles. The fraction of sp³-hybridized carbons (Fsp3) is 0.333. The first-order valence-corrected chi connectivity index (χ1v) is 8.56. The van der Waals surface area contributed by atoms with Gasteiger partial charge >= 0.3 is 0 Å². The Morgan fingerprint density at radius 2 is 1.95 bits per heavy atom. The van der Waals surface area contributed by atoms with E-state index in [1.54, 1.807) is 32.9 Å². The summed E-state index contributed by atoms with van der Waals surface area (Å²) in [5, 5.41) is -0.223. The third-order valence-corrected chi connectivity index (χ3v) is 5.52. The van der Waals surface area contributed by atoms with E-state index >= 15 is 0 Å². The van der Waals surface area contributed by atoms with E-state index in [1.807, 2.05) is 0 Å². The highest BCUT2D eigenvalue weighted by atomic mass is 35.5. The highest BCUT2D eigenvalue weighted by molar-refractivity contribution is 7.89. The molecule has 2 rings (SSSR count). The van der Waals surface area contributed by atoms with Crippen LogP contribution >= 0.6 is 11.6 Å². The van der Waals surface area contributed by atoms with E-state index in [0.29, 0.717) is 11.5 Å². The van der Waals surface area contributed by atoms with Crippen molar-refractivity contribution in [1.29, 1.82) is 0 Å². The summed E-state index contributed by atoms with van der Waals surface area (Å²) in [4.78, 5) is -0.433. The molecule has 0 aliphatic heterocycles. The zero-order chi connectivity index (χ0) is 16.5. The minimum Gasteiger partial charge on any atom is -0.465 e. The Bertz CT molecular complexity index is 771. The van der Waals surface area contributed by atoms with Crippen molar-refractivity contribution in [2.24, 2.45) is 0 Å². The highest BCUT2D eigenvalue weighted by Crippen LogP contribution is 2.27. The van der Waals surface area contributed by atoms with Crippen molar-refractivity contribution < 1.29 is 17.2 Å². The largest absolute Gasteiger partial charge is 0.465 e. The molecule has 0 bridgehead atoms. The van der Waals surface area contributed by atoms with Crippen LogP contribution < -0.4 is 0 Å². The lowest BCUT2D eigenvalue weighted by Gasteiger charge is -2.25. The van der Waals surface area contributed by atoms with E-state index in [4.69, 9.17) is 16.0 Å². The van der Waals surface area contributed by atoms with Gasteiger partial charge in [-0.1, -0.05) is 17.7 Å². The molecule has 0 radical (unpaired) electrons. The minimum atomic E-state index is -4.03. The molecule has 1 aromatic carbocycles. The van der Waals surface area contributed by atoms with Crippen molar-refractivity contribution in [3.05, 3.63) is 52.7 Å². The second kappa shape index (κ2) is 6.40. The van der Waals surface area contributed by atoms with Crippen LogP contribution in [0.5, 0.6) is 0 Å². The number of sulfonamides is 1. The van der Waals surface area contributed by atoms with Crippen molar-refractivity contribution in [3.63, 3.8) is 0 Å². The Morgan fingerprint density at radius 3 is 2.50 bits per heavy atom. The topological polar surface area (TPSA) is 50.5 Å². The van der Waals surface area contributed by atoms with E-state index < -0.39 is 20.7 Å². The smallest absolute Gasteiger partial charge is 0.246 e. The van der Waals surface area contributed by atoms with Crippen LogP contribution in [0, 0.1) is 12.7 Å². The van der Waals surface area contributed by atoms with Gasteiger partial charge < -0.3 is 4.42 Å². The van der Waals surface area contributed by atoms with E-state index in [-0.39, 0.29) is 17.6 Å². The summed E-state index contributed by atoms with van der Waals surface area (Å²) in [6.45, 7) is 5.24. The van der Waals surface area contributed by atoms with Gasteiger partial charge in [0.2, 0.25) is 10.0 Å². The second-order valence-corrected chi connectivity index (χ2v) is 7.47. The normalized spacial score (nSPS) is 12.3. The number of benzene rings is 1. The molecule has 1 heterocycles. The molecule has 0 aliphatic carbocycles. The third-order valence-electron chi connectivity index (χ3n) is 3.19. The van der Waals surface area contributed by atoms with E-state index in [9.17, 15) is 12.8 Å². The number of furan rings is 1. The number of aryl methyl sites for hydroxylation is 1.